The molecule has 1 aliphatic rings. The van der Waals surface area contributed by atoms with Gasteiger partial charge in [-0.2, -0.15) is 0 Å². The zero-order valence-corrected chi connectivity index (χ0v) is 20.2. The molecule has 0 N–H and O–H groups in total. The number of nitrogens with zero attached hydrogens (tertiary/aromatic N) is 4. The van der Waals surface area contributed by atoms with Gasteiger partial charge in [-0.05, 0) is 73.5 Å². The second-order valence-corrected chi connectivity index (χ2v) is 8.85. The van der Waals surface area contributed by atoms with Crippen molar-refractivity contribution in [2.45, 2.75) is 20.0 Å². The van der Waals surface area contributed by atoms with Gasteiger partial charge in [-0.1, -0.05) is 6.07 Å². The van der Waals surface area contributed by atoms with Gasteiger partial charge in [-0.15, -0.1) is 0 Å². The largest absolute Gasteiger partial charge is 0.497 e. The molecule has 0 spiro atoms. The summed E-state index contributed by atoms with van der Waals surface area (Å²) in [6.45, 7) is 5.60. The molecule has 1 aliphatic heterocycles. The van der Waals surface area contributed by atoms with Crippen LogP contribution >= 0.6 is 0 Å². The molecular weight excluding hydrogens is 440 g/mol. The molecular formula is C28H30N4O3. The number of methoxy groups -OCH3 is 1. The van der Waals surface area contributed by atoms with E-state index in [4.69, 9.17) is 9.47 Å². The normalized spacial score (nSPS) is 14.1. The highest BCUT2D eigenvalue weighted by Crippen LogP contribution is 2.22. The number of ether oxygens (including phenoxy) is 2. The van der Waals surface area contributed by atoms with Gasteiger partial charge in [-0.25, -0.2) is 4.98 Å². The van der Waals surface area contributed by atoms with E-state index >= 15 is 0 Å². The molecule has 35 heavy (non-hydrogen) atoms. The van der Waals surface area contributed by atoms with Gasteiger partial charge < -0.3 is 23.7 Å². The van der Waals surface area contributed by atoms with Crippen LogP contribution in [0, 0.1) is 6.92 Å². The van der Waals surface area contributed by atoms with Crippen molar-refractivity contribution in [2.75, 3.05) is 38.2 Å². The third kappa shape index (κ3) is 5.24. The predicted molar refractivity (Wildman–Crippen MR) is 136 cm³/mol. The number of imidazole rings is 1. The van der Waals surface area contributed by atoms with E-state index in [9.17, 15) is 4.79 Å². The fourth-order valence-corrected chi connectivity index (χ4v) is 4.43. The number of hydrogen-bond acceptors (Lipinski definition) is 5. The van der Waals surface area contributed by atoms with Gasteiger partial charge in [-0.3, -0.25) is 4.79 Å². The molecule has 0 unspecified atom stereocenters. The summed E-state index contributed by atoms with van der Waals surface area (Å²) in [6, 6.07) is 19.5. The summed E-state index contributed by atoms with van der Waals surface area (Å²) < 4.78 is 13.2. The van der Waals surface area contributed by atoms with Crippen molar-refractivity contribution in [3.05, 3.63) is 89.9 Å². The maximum Gasteiger partial charge on any atom is 0.253 e. The van der Waals surface area contributed by atoms with E-state index in [0.29, 0.717) is 18.7 Å². The van der Waals surface area contributed by atoms with Crippen LogP contribution in [-0.4, -0.2) is 53.5 Å². The summed E-state index contributed by atoms with van der Waals surface area (Å²) in [4.78, 5) is 22.0. The van der Waals surface area contributed by atoms with Crippen LogP contribution < -0.4 is 14.4 Å². The molecule has 1 fully saturated rings. The summed E-state index contributed by atoms with van der Waals surface area (Å²) in [7, 11) is 1.67. The maximum absolute atomic E-state index is 13.1. The second kappa shape index (κ2) is 10.1. The lowest BCUT2D eigenvalue weighted by Gasteiger charge is -2.24. The monoisotopic (exact) mass is 470 g/mol. The second-order valence-electron chi connectivity index (χ2n) is 8.85. The standard InChI is InChI=1S/C28H30N4O3/c1-21-4-13-27-29-23(19-32(27)18-21)20-35-26-9-5-22(6-10-26)28(33)31-15-3-14-30(16-17-31)24-7-11-25(34-2)12-8-24/h4-13,18-19H,3,14-17,20H2,1-2H3. The highest BCUT2D eigenvalue weighted by atomic mass is 16.5. The number of aryl methyl sites for hydroxylation is 1. The number of benzene rings is 2. The van der Waals surface area contributed by atoms with Gasteiger partial charge in [0, 0.05) is 49.8 Å². The van der Waals surface area contributed by atoms with Crippen LogP contribution in [0.15, 0.2) is 73.1 Å². The molecule has 1 amide bonds. The fraction of sp³-hybridized carbons (Fsp3) is 0.286. The van der Waals surface area contributed by atoms with Gasteiger partial charge in [0.05, 0.1) is 12.8 Å². The van der Waals surface area contributed by atoms with Crippen LogP contribution in [0.1, 0.15) is 28.0 Å². The quantitative estimate of drug-likeness (QED) is 0.413. The average molecular weight is 471 g/mol. The van der Waals surface area contributed by atoms with Crippen molar-refractivity contribution in [1.82, 2.24) is 14.3 Å². The number of carbonyl (C=O) groups is 1. The molecule has 0 radical (unpaired) electrons. The zero-order valence-electron chi connectivity index (χ0n) is 20.2. The van der Waals surface area contributed by atoms with Crippen LogP contribution in [-0.2, 0) is 6.61 Å². The molecule has 7 nitrogen and oxygen atoms in total. The van der Waals surface area contributed by atoms with Crippen molar-refractivity contribution in [3.63, 3.8) is 0 Å². The van der Waals surface area contributed by atoms with Gasteiger partial charge in [0.15, 0.2) is 0 Å². The van der Waals surface area contributed by atoms with Crippen LogP contribution in [0.2, 0.25) is 0 Å². The fourth-order valence-electron chi connectivity index (χ4n) is 4.43. The summed E-state index contributed by atoms with van der Waals surface area (Å²) in [5.74, 6) is 1.63. The van der Waals surface area contributed by atoms with Crippen LogP contribution in [0.5, 0.6) is 11.5 Å². The number of amides is 1. The third-order valence-electron chi connectivity index (χ3n) is 6.36. The number of rotatable bonds is 6. The molecule has 7 heteroatoms. The zero-order chi connectivity index (χ0) is 24.2. The van der Waals surface area contributed by atoms with Crippen LogP contribution in [0.3, 0.4) is 0 Å². The Kier molecular flexibility index (Phi) is 6.57. The minimum Gasteiger partial charge on any atom is -0.497 e. The lowest BCUT2D eigenvalue weighted by molar-refractivity contribution is 0.0767. The van der Waals surface area contributed by atoms with Crippen molar-refractivity contribution >= 4 is 17.2 Å². The third-order valence-corrected chi connectivity index (χ3v) is 6.36. The van der Waals surface area contributed by atoms with Crippen molar-refractivity contribution < 1.29 is 14.3 Å². The Morgan fingerprint density at radius 2 is 1.66 bits per heavy atom. The van der Waals surface area contributed by atoms with E-state index in [1.165, 1.54) is 5.56 Å². The summed E-state index contributed by atoms with van der Waals surface area (Å²) in [6.07, 6.45) is 4.96. The predicted octanol–water partition coefficient (Wildman–Crippen LogP) is 4.58. The first-order chi connectivity index (χ1) is 17.1. The number of carbonyl (C=O) groups excluding carboxylic acids is 1. The Morgan fingerprint density at radius 1 is 0.886 bits per heavy atom. The van der Waals surface area contributed by atoms with Crippen molar-refractivity contribution in [1.29, 1.82) is 0 Å². The van der Waals surface area contributed by atoms with E-state index in [2.05, 4.69) is 28.9 Å². The van der Waals surface area contributed by atoms with Crippen molar-refractivity contribution in [2.24, 2.45) is 0 Å². The maximum atomic E-state index is 13.1. The molecule has 5 rings (SSSR count). The highest BCUT2D eigenvalue weighted by molar-refractivity contribution is 5.94. The smallest absolute Gasteiger partial charge is 0.253 e. The van der Waals surface area contributed by atoms with Gasteiger partial charge in [0.25, 0.3) is 5.91 Å². The minimum atomic E-state index is 0.0591. The molecule has 0 aliphatic carbocycles. The van der Waals surface area contributed by atoms with Crippen molar-refractivity contribution in [3.8, 4) is 11.5 Å². The molecule has 2 aromatic carbocycles. The molecule has 1 saturated heterocycles. The average Bonchev–Trinajstić information content (AvgIpc) is 3.13. The van der Waals surface area contributed by atoms with E-state index in [1.807, 2.05) is 70.2 Å². The van der Waals surface area contributed by atoms with E-state index in [1.54, 1.807) is 7.11 Å². The molecule has 2 aromatic heterocycles. The van der Waals surface area contributed by atoms with E-state index in [-0.39, 0.29) is 5.91 Å². The first-order valence-electron chi connectivity index (χ1n) is 11.9. The molecule has 4 aromatic rings. The SMILES string of the molecule is COc1ccc(N2CCCN(C(=O)c3ccc(OCc4cn5cc(C)ccc5n4)cc3)CC2)cc1. The number of fused-ring (bicyclic) bond motifs is 1. The van der Waals surface area contributed by atoms with E-state index < -0.39 is 0 Å². The highest BCUT2D eigenvalue weighted by Gasteiger charge is 2.20. The molecule has 3 heterocycles. The van der Waals surface area contributed by atoms with Gasteiger partial charge >= 0.3 is 0 Å². The molecule has 180 valence electrons. The Labute approximate surface area is 205 Å². The number of hydrogen-bond donors (Lipinski definition) is 0. The molecule has 0 bridgehead atoms. The number of aromatic nitrogens is 2. The molecule has 0 atom stereocenters. The first kappa shape index (κ1) is 22.8. The Hall–Kier alpha value is -4.00. The van der Waals surface area contributed by atoms with Crippen LogP contribution in [0.4, 0.5) is 5.69 Å². The van der Waals surface area contributed by atoms with Gasteiger partial charge in [0.2, 0.25) is 0 Å². The minimum absolute atomic E-state index is 0.0591. The molecule has 0 saturated carbocycles. The first-order valence-corrected chi connectivity index (χ1v) is 11.9. The Bertz CT molecular complexity index is 1300. The lowest BCUT2D eigenvalue weighted by atomic mass is 10.2. The van der Waals surface area contributed by atoms with E-state index in [0.717, 1.165) is 54.6 Å². The van der Waals surface area contributed by atoms with Gasteiger partial charge in [0.1, 0.15) is 23.8 Å². The number of pyridine rings is 1. The Balaban J connectivity index is 1.17. The lowest BCUT2D eigenvalue weighted by Crippen LogP contribution is -2.35. The topological polar surface area (TPSA) is 59.3 Å². The number of anilines is 1. The van der Waals surface area contributed by atoms with Crippen LogP contribution in [0.25, 0.3) is 5.65 Å². The summed E-state index contributed by atoms with van der Waals surface area (Å²) in [5, 5.41) is 0. The summed E-state index contributed by atoms with van der Waals surface area (Å²) in [5.41, 5.74) is 4.78. The summed E-state index contributed by atoms with van der Waals surface area (Å²) >= 11 is 0. The Morgan fingerprint density at radius 3 is 2.43 bits per heavy atom.